The zero-order valence-electron chi connectivity index (χ0n) is 13.2. The normalized spacial score (nSPS) is 31.9. The van der Waals surface area contributed by atoms with E-state index in [4.69, 9.17) is 5.73 Å². The lowest BCUT2D eigenvalue weighted by atomic mass is 9.78. The zero-order valence-corrected chi connectivity index (χ0v) is 13.2. The summed E-state index contributed by atoms with van der Waals surface area (Å²) in [6, 6.07) is -0.0277. The van der Waals surface area contributed by atoms with Crippen LogP contribution >= 0.6 is 0 Å². The van der Waals surface area contributed by atoms with E-state index in [-0.39, 0.29) is 12.1 Å². The Labute approximate surface area is 127 Å². The van der Waals surface area contributed by atoms with Crippen LogP contribution in [0.25, 0.3) is 0 Å². The van der Waals surface area contributed by atoms with Crippen molar-refractivity contribution in [3.63, 3.8) is 0 Å². The van der Waals surface area contributed by atoms with Crippen molar-refractivity contribution in [2.24, 2.45) is 17.6 Å². The van der Waals surface area contributed by atoms with Crippen LogP contribution in [0.4, 0.5) is 9.18 Å². The SMILES string of the molecule is CNC[C@H](CC1CCC(F)CC1)C1CCCCN1C(N)=O. The van der Waals surface area contributed by atoms with Crippen LogP contribution in [-0.2, 0) is 0 Å². The van der Waals surface area contributed by atoms with Gasteiger partial charge in [-0.3, -0.25) is 0 Å². The van der Waals surface area contributed by atoms with Gasteiger partial charge in [-0.2, -0.15) is 0 Å². The van der Waals surface area contributed by atoms with Crippen molar-refractivity contribution in [2.75, 3.05) is 20.1 Å². The number of primary amides is 1. The molecular formula is C16H30FN3O. The molecular weight excluding hydrogens is 269 g/mol. The maximum Gasteiger partial charge on any atom is 0.315 e. The number of alkyl halides is 1. The largest absolute Gasteiger partial charge is 0.351 e. The summed E-state index contributed by atoms with van der Waals surface area (Å²) in [5, 5.41) is 3.27. The van der Waals surface area contributed by atoms with Crippen LogP contribution < -0.4 is 11.1 Å². The molecule has 1 unspecified atom stereocenters. The number of amides is 2. The van der Waals surface area contributed by atoms with Gasteiger partial charge < -0.3 is 16.0 Å². The van der Waals surface area contributed by atoms with Crippen LogP contribution in [-0.4, -0.2) is 43.3 Å². The molecule has 1 saturated carbocycles. The molecule has 1 aliphatic carbocycles. The van der Waals surface area contributed by atoms with Crippen molar-refractivity contribution in [1.29, 1.82) is 0 Å². The van der Waals surface area contributed by atoms with Crippen molar-refractivity contribution < 1.29 is 9.18 Å². The number of hydrogen-bond acceptors (Lipinski definition) is 2. The number of nitrogens with zero attached hydrogens (tertiary/aromatic N) is 1. The minimum Gasteiger partial charge on any atom is -0.351 e. The Kier molecular flexibility index (Phi) is 6.27. The predicted octanol–water partition coefficient (Wildman–Crippen LogP) is 2.67. The first kappa shape index (κ1) is 16.5. The summed E-state index contributed by atoms with van der Waals surface area (Å²) in [4.78, 5) is 13.6. The highest BCUT2D eigenvalue weighted by Crippen LogP contribution is 2.34. The molecule has 5 heteroatoms. The van der Waals surface area contributed by atoms with Crippen LogP contribution in [0.1, 0.15) is 51.4 Å². The van der Waals surface area contributed by atoms with E-state index in [1.165, 1.54) is 6.42 Å². The maximum absolute atomic E-state index is 13.3. The van der Waals surface area contributed by atoms with E-state index in [1.807, 2.05) is 11.9 Å². The van der Waals surface area contributed by atoms with Gasteiger partial charge in [0.05, 0.1) is 0 Å². The average molecular weight is 299 g/mol. The van der Waals surface area contributed by atoms with Crippen molar-refractivity contribution in [3.05, 3.63) is 0 Å². The van der Waals surface area contributed by atoms with E-state index in [0.717, 1.165) is 45.2 Å². The van der Waals surface area contributed by atoms with Gasteiger partial charge in [-0.05, 0) is 76.8 Å². The van der Waals surface area contributed by atoms with Crippen molar-refractivity contribution in [1.82, 2.24) is 10.2 Å². The molecule has 4 nitrogen and oxygen atoms in total. The zero-order chi connectivity index (χ0) is 15.2. The fourth-order valence-corrected chi connectivity index (χ4v) is 4.15. The lowest BCUT2D eigenvalue weighted by Crippen LogP contribution is -2.52. The smallest absolute Gasteiger partial charge is 0.315 e. The van der Waals surface area contributed by atoms with E-state index in [1.54, 1.807) is 0 Å². The van der Waals surface area contributed by atoms with E-state index < -0.39 is 6.17 Å². The van der Waals surface area contributed by atoms with Crippen LogP contribution in [0.5, 0.6) is 0 Å². The standard InChI is InChI=1S/C16H30FN3O/c1-19-11-13(10-12-5-7-14(17)8-6-12)15-4-2-3-9-20(15)16(18)21/h12-15,19H,2-11H2,1H3,(H2,18,21)/t12?,13-,14?,15?/m0/s1. The lowest BCUT2D eigenvalue weighted by Gasteiger charge is -2.41. The number of rotatable bonds is 5. The Balaban J connectivity index is 1.97. The van der Waals surface area contributed by atoms with Gasteiger partial charge in [-0.15, -0.1) is 0 Å². The Morgan fingerprint density at radius 3 is 2.62 bits per heavy atom. The molecule has 2 rings (SSSR count). The topological polar surface area (TPSA) is 58.4 Å². The summed E-state index contributed by atoms with van der Waals surface area (Å²) >= 11 is 0. The third kappa shape index (κ3) is 4.56. The summed E-state index contributed by atoms with van der Waals surface area (Å²) in [6.07, 6.45) is 7.17. The molecule has 1 aliphatic heterocycles. The summed E-state index contributed by atoms with van der Waals surface area (Å²) < 4.78 is 13.3. The van der Waals surface area contributed by atoms with Gasteiger partial charge in [0.1, 0.15) is 6.17 Å². The average Bonchev–Trinajstić information content (AvgIpc) is 2.49. The molecule has 1 saturated heterocycles. The summed E-state index contributed by atoms with van der Waals surface area (Å²) in [5.41, 5.74) is 5.56. The third-order valence-corrected chi connectivity index (χ3v) is 5.26. The lowest BCUT2D eigenvalue weighted by molar-refractivity contribution is 0.102. The first-order chi connectivity index (χ1) is 10.1. The molecule has 0 radical (unpaired) electrons. The van der Waals surface area contributed by atoms with Gasteiger partial charge in [0.2, 0.25) is 0 Å². The first-order valence-corrected chi connectivity index (χ1v) is 8.46. The summed E-state index contributed by atoms with van der Waals surface area (Å²) in [7, 11) is 1.96. The molecule has 2 atom stereocenters. The highest BCUT2D eigenvalue weighted by atomic mass is 19.1. The number of carbonyl (C=O) groups is 1. The number of likely N-dealkylation sites (tertiary alicyclic amines) is 1. The molecule has 0 spiro atoms. The maximum atomic E-state index is 13.3. The summed E-state index contributed by atoms with van der Waals surface area (Å²) in [5.74, 6) is 1.04. The molecule has 0 aromatic heterocycles. The van der Waals surface area contributed by atoms with Crippen LogP contribution in [0.2, 0.25) is 0 Å². The number of hydrogen-bond donors (Lipinski definition) is 2. The molecule has 2 fully saturated rings. The number of nitrogens with two attached hydrogens (primary N) is 1. The van der Waals surface area contributed by atoms with Gasteiger partial charge in [0, 0.05) is 12.6 Å². The molecule has 2 aliphatic rings. The third-order valence-electron chi connectivity index (χ3n) is 5.26. The molecule has 122 valence electrons. The molecule has 2 amide bonds. The van der Waals surface area contributed by atoms with Gasteiger partial charge in [-0.1, -0.05) is 0 Å². The van der Waals surface area contributed by atoms with Gasteiger partial charge in [-0.25, -0.2) is 9.18 Å². The van der Waals surface area contributed by atoms with E-state index in [2.05, 4.69) is 5.32 Å². The Bertz CT molecular complexity index is 331. The number of urea groups is 1. The minimum atomic E-state index is -0.596. The van der Waals surface area contributed by atoms with Crippen molar-refractivity contribution >= 4 is 6.03 Å². The number of piperidine rings is 1. The van der Waals surface area contributed by atoms with E-state index in [0.29, 0.717) is 24.7 Å². The molecule has 3 N–H and O–H groups in total. The molecule has 0 bridgehead atoms. The van der Waals surface area contributed by atoms with Crippen LogP contribution in [0.15, 0.2) is 0 Å². The fourth-order valence-electron chi connectivity index (χ4n) is 4.15. The van der Waals surface area contributed by atoms with Crippen LogP contribution in [0, 0.1) is 11.8 Å². The van der Waals surface area contributed by atoms with Crippen molar-refractivity contribution in [3.8, 4) is 0 Å². The first-order valence-electron chi connectivity index (χ1n) is 8.46. The highest BCUT2D eigenvalue weighted by Gasteiger charge is 2.33. The van der Waals surface area contributed by atoms with E-state index >= 15 is 0 Å². The Hall–Kier alpha value is -0.840. The predicted molar refractivity (Wildman–Crippen MR) is 82.8 cm³/mol. The monoisotopic (exact) mass is 299 g/mol. The molecule has 0 aromatic carbocycles. The quantitative estimate of drug-likeness (QED) is 0.820. The second-order valence-corrected chi connectivity index (χ2v) is 6.77. The van der Waals surface area contributed by atoms with Gasteiger partial charge in [0.25, 0.3) is 0 Å². The summed E-state index contributed by atoms with van der Waals surface area (Å²) in [6.45, 7) is 1.70. The number of nitrogens with one attached hydrogen (secondary N) is 1. The second-order valence-electron chi connectivity index (χ2n) is 6.77. The second kappa shape index (κ2) is 7.97. The van der Waals surface area contributed by atoms with Gasteiger partial charge in [0.15, 0.2) is 0 Å². The Morgan fingerprint density at radius 2 is 2.00 bits per heavy atom. The number of halogens is 1. The van der Waals surface area contributed by atoms with Gasteiger partial charge >= 0.3 is 6.03 Å². The molecule has 0 aromatic rings. The minimum absolute atomic E-state index is 0.256. The van der Waals surface area contributed by atoms with Crippen LogP contribution in [0.3, 0.4) is 0 Å². The van der Waals surface area contributed by atoms with E-state index in [9.17, 15) is 9.18 Å². The molecule has 21 heavy (non-hydrogen) atoms. The number of carbonyl (C=O) groups excluding carboxylic acids is 1. The fraction of sp³-hybridized carbons (Fsp3) is 0.938. The Morgan fingerprint density at radius 1 is 1.29 bits per heavy atom. The highest BCUT2D eigenvalue weighted by molar-refractivity contribution is 5.72. The van der Waals surface area contributed by atoms with Crippen molar-refractivity contribution in [2.45, 2.75) is 63.6 Å². The molecule has 1 heterocycles.